The summed E-state index contributed by atoms with van der Waals surface area (Å²) in [6, 6.07) is 5.01. The maximum Gasteiger partial charge on any atom is 0.245 e. The van der Waals surface area contributed by atoms with E-state index in [0.29, 0.717) is 63.3 Å². The van der Waals surface area contributed by atoms with Crippen LogP contribution in [0.4, 0.5) is 0 Å². The van der Waals surface area contributed by atoms with Crippen LogP contribution in [-0.2, 0) is 19.6 Å². The Bertz CT molecular complexity index is 900. The highest BCUT2D eigenvalue weighted by Gasteiger charge is 2.35. The molecule has 0 saturated carbocycles. The minimum Gasteiger partial charge on any atom is -0.378 e. The minimum atomic E-state index is -3.64. The Hall–Kier alpha value is -1.62. The van der Waals surface area contributed by atoms with Crippen molar-refractivity contribution < 1.29 is 17.9 Å². The van der Waals surface area contributed by atoms with Gasteiger partial charge in [0.05, 0.1) is 24.9 Å². The van der Waals surface area contributed by atoms with Crippen molar-refractivity contribution in [3.63, 3.8) is 0 Å². The number of aromatic nitrogens is 2. The highest BCUT2D eigenvalue weighted by atomic mass is 32.2. The lowest BCUT2D eigenvalue weighted by Crippen LogP contribution is -2.47. The number of hydrogen-bond donors (Lipinski definition) is 0. The van der Waals surface area contributed by atoms with Crippen LogP contribution in [0.15, 0.2) is 23.1 Å². The average molecular weight is 396 g/mol. The van der Waals surface area contributed by atoms with E-state index < -0.39 is 10.0 Å². The molecule has 1 aromatic heterocycles. The summed E-state index contributed by atoms with van der Waals surface area (Å²) in [6.07, 6.45) is 1.08. The van der Waals surface area contributed by atoms with Crippen LogP contribution in [-0.4, -0.2) is 71.7 Å². The predicted molar refractivity (Wildman–Crippen MR) is 96.3 cm³/mol. The van der Waals surface area contributed by atoms with E-state index >= 15 is 0 Å². The van der Waals surface area contributed by atoms with Gasteiger partial charge in [-0.15, -0.1) is 0 Å². The van der Waals surface area contributed by atoms with Crippen LogP contribution < -0.4 is 0 Å². The molecule has 2 saturated heterocycles. The highest BCUT2D eigenvalue weighted by molar-refractivity contribution is 7.89. The monoisotopic (exact) mass is 396 g/mol. The maximum atomic E-state index is 13.0. The number of piperidine rings is 1. The van der Waals surface area contributed by atoms with Gasteiger partial charge in [-0.3, -0.25) is 4.79 Å². The number of amides is 1. The Kier molecular flexibility index (Phi) is 4.91. The van der Waals surface area contributed by atoms with E-state index in [1.807, 2.05) is 4.90 Å². The molecule has 26 heavy (non-hydrogen) atoms. The topological polar surface area (TPSA) is 92.7 Å². The third kappa shape index (κ3) is 3.22. The van der Waals surface area contributed by atoms with Crippen LogP contribution in [0.3, 0.4) is 0 Å². The number of hydrogen-bond acceptors (Lipinski definition) is 7. The molecule has 2 fully saturated rings. The first kappa shape index (κ1) is 17.8. The summed E-state index contributed by atoms with van der Waals surface area (Å²) in [4.78, 5) is 14.6. The fourth-order valence-corrected chi connectivity index (χ4v) is 5.74. The zero-order chi connectivity index (χ0) is 18.1. The fourth-order valence-electron chi connectivity index (χ4n) is 3.51. The van der Waals surface area contributed by atoms with Gasteiger partial charge in [-0.05, 0) is 25.0 Å². The zero-order valence-corrected chi connectivity index (χ0v) is 15.8. The van der Waals surface area contributed by atoms with E-state index in [1.54, 1.807) is 18.2 Å². The summed E-state index contributed by atoms with van der Waals surface area (Å²) in [6.45, 7) is 3.08. The molecular formula is C16H20N4O4S2. The third-order valence-corrected chi connectivity index (χ3v) is 7.47. The molecule has 140 valence electrons. The SMILES string of the molecule is O=C(C1CCN(S(=O)(=O)c2cccc3nsnc23)CC1)N1CCOCC1. The number of fused-ring (bicyclic) bond motifs is 1. The first-order valence-electron chi connectivity index (χ1n) is 8.65. The smallest absolute Gasteiger partial charge is 0.245 e. The van der Waals surface area contributed by atoms with Crippen molar-refractivity contribution in [2.75, 3.05) is 39.4 Å². The Labute approximate surface area is 156 Å². The molecule has 3 heterocycles. The van der Waals surface area contributed by atoms with Gasteiger partial charge >= 0.3 is 0 Å². The van der Waals surface area contributed by atoms with Crippen LogP contribution in [0.2, 0.25) is 0 Å². The second-order valence-corrected chi connectivity index (χ2v) is 8.94. The first-order chi connectivity index (χ1) is 12.6. The molecule has 2 aliphatic heterocycles. The van der Waals surface area contributed by atoms with Gasteiger partial charge in [0.1, 0.15) is 15.9 Å². The molecule has 8 nitrogen and oxygen atoms in total. The standard InChI is InChI=1S/C16H20N4O4S2/c21-16(19-8-10-24-11-9-19)12-4-6-20(7-5-12)26(22,23)14-3-1-2-13-15(14)18-25-17-13/h1-3,12H,4-11H2. The van der Waals surface area contributed by atoms with Crippen LogP contribution in [0.1, 0.15) is 12.8 Å². The molecule has 1 amide bonds. The highest BCUT2D eigenvalue weighted by Crippen LogP contribution is 2.28. The molecular weight excluding hydrogens is 376 g/mol. The molecule has 0 aliphatic carbocycles. The van der Waals surface area contributed by atoms with Gasteiger partial charge in [0.2, 0.25) is 15.9 Å². The molecule has 0 bridgehead atoms. The molecule has 2 aromatic rings. The summed E-state index contributed by atoms with van der Waals surface area (Å²) < 4.78 is 41.1. The summed E-state index contributed by atoms with van der Waals surface area (Å²) in [7, 11) is -3.64. The van der Waals surface area contributed by atoms with Gasteiger partial charge < -0.3 is 9.64 Å². The van der Waals surface area contributed by atoms with Crippen molar-refractivity contribution in [3.8, 4) is 0 Å². The second kappa shape index (κ2) is 7.18. The molecule has 0 unspecified atom stereocenters. The molecule has 4 rings (SSSR count). The molecule has 0 N–H and O–H groups in total. The number of morpholine rings is 1. The third-order valence-electron chi connectivity index (χ3n) is 4.99. The van der Waals surface area contributed by atoms with Crippen LogP contribution in [0.5, 0.6) is 0 Å². The largest absolute Gasteiger partial charge is 0.378 e. The van der Waals surface area contributed by atoms with E-state index in [2.05, 4.69) is 8.75 Å². The molecule has 2 aliphatic rings. The molecule has 0 spiro atoms. The van der Waals surface area contributed by atoms with Crippen molar-refractivity contribution in [1.82, 2.24) is 18.0 Å². The predicted octanol–water partition coefficient (Wildman–Crippen LogP) is 0.951. The van der Waals surface area contributed by atoms with Gasteiger partial charge in [0.25, 0.3) is 0 Å². The van der Waals surface area contributed by atoms with Crippen molar-refractivity contribution in [3.05, 3.63) is 18.2 Å². The lowest BCUT2D eigenvalue weighted by Gasteiger charge is -2.35. The van der Waals surface area contributed by atoms with E-state index in [4.69, 9.17) is 4.74 Å². The number of rotatable bonds is 3. The van der Waals surface area contributed by atoms with Gasteiger partial charge in [-0.1, -0.05) is 6.07 Å². The Morgan fingerprint density at radius 3 is 2.58 bits per heavy atom. The van der Waals surface area contributed by atoms with Crippen molar-refractivity contribution in [2.45, 2.75) is 17.7 Å². The maximum absolute atomic E-state index is 13.0. The Morgan fingerprint density at radius 2 is 1.85 bits per heavy atom. The molecule has 1 aromatic carbocycles. The number of sulfonamides is 1. The zero-order valence-electron chi connectivity index (χ0n) is 14.2. The number of carbonyl (C=O) groups excluding carboxylic acids is 1. The fraction of sp³-hybridized carbons (Fsp3) is 0.562. The van der Waals surface area contributed by atoms with Crippen LogP contribution in [0.25, 0.3) is 11.0 Å². The average Bonchev–Trinajstić information content (AvgIpc) is 3.17. The summed E-state index contributed by atoms with van der Waals surface area (Å²) in [5.74, 6) is 0.00688. The molecule has 0 atom stereocenters. The lowest BCUT2D eigenvalue weighted by atomic mass is 9.96. The quantitative estimate of drug-likeness (QED) is 0.767. The number of nitrogens with zero attached hydrogens (tertiary/aromatic N) is 4. The number of ether oxygens (including phenoxy) is 1. The van der Waals surface area contributed by atoms with Crippen LogP contribution in [0, 0.1) is 5.92 Å². The van der Waals surface area contributed by atoms with E-state index in [9.17, 15) is 13.2 Å². The normalized spacial score (nSPS) is 20.5. The Morgan fingerprint density at radius 1 is 1.12 bits per heavy atom. The van der Waals surface area contributed by atoms with Crippen molar-refractivity contribution in [2.24, 2.45) is 5.92 Å². The summed E-state index contributed by atoms with van der Waals surface area (Å²) in [5.41, 5.74) is 1.01. The molecule has 0 radical (unpaired) electrons. The summed E-state index contributed by atoms with van der Waals surface area (Å²) >= 11 is 1.01. The number of carbonyl (C=O) groups is 1. The lowest BCUT2D eigenvalue weighted by molar-refractivity contribution is -0.140. The van der Waals surface area contributed by atoms with Crippen LogP contribution >= 0.6 is 11.7 Å². The second-order valence-electron chi connectivity index (χ2n) is 6.50. The van der Waals surface area contributed by atoms with Gasteiger partial charge in [0.15, 0.2) is 0 Å². The van der Waals surface area contributed by atoms with Crippen molar-refractivity contribution in [1.29, 1.82) is 0 Å². The van der Waals surface area contributed by atoms with E-state index in [-0.39, 0.29) is 16.7 Å². The van der Waals surface area contributed by atoms with Gasteiger partial charge in [-0.25, -0.2) is 8.42 Å². The first-order valence-corrected chi connectivity index (χ1v) is 10.8. The van der Waals surface area contributed by atoms with E-state index in [1.165, 1.54) is 4.31 Å². The van der Waals surface area contributed by atoms with E-state index in [0.717, 1.165) is 11.7 Å². The molecule has 10 heteroatoms. The number of benzene rings is 1. The van der Waals surface area contributed by atoms with Crippen molar-refractivity contribution >= 4 is 38.7 Å². The summed E-state index contributed by atoms with van der Waals surface area (Å²) in [5, 5.41) is 0. The van der Waals surface area contributed by atoms with Gasteiger partial charge in [0, 0.05) is 32.1 Å². The minimum absolute atomic E-state index is 0.115. The van der Waals surface area contributed by atoms with Gasteiger partial charge in [-0.2, -0.15) is 13.1 Å². The Balaban J connectivity index is 1.47.